The highest BCUT2D eigenvalue weighted by Gasteiger charge is 2.04. The molecule has 2 N–H and O–H groups in total. The molecule has 1 rings (SSSR count). The van der Waals surface area contributed by atoms with E-state index >= 15 is 0 Å². The van der Waals surface area contributed by atoms with Gasteiger partial charge in [0, 0.05) is 17.3 Å². The van der Waals surface area contributed by atoms with Crippen LogP contribution < -0.4 is 5.73 Å². The maximum atomic E-state index is 5.45. The van der Waals surface area contributed by atoms with Crippen molar-refractivity contribution in [3.8, 4) is 0 Å². The van der Waals surface area contributed by atoms with Gasteiger partial charge in [-0.2, -0.15) is 9.36 Å². The van der Waals surface area contributed by atoms with Crippen LogP contribution in [0.2, 0.25) is 0 Å². The smallest absolute Gasteiger partial charge is 0.202 e. The van der Waals surface area contributed by atoms with E-state index in [9.17, 15) is 0 Å². The third-order valence-corrected chi connectivity index (χ3v) is 3.45. The third kappa shape index (κ3) is 2.98. The minimum atomic E-state index is 0.557. The quantitative estimate of drug-likeness (QED) is 0.763. The van der Waals surface area contributed by atoms with Crippen LogP contribution >= 0.6 is 23.3 Å². The van der Waals surface area contributed by atoms with E-state index in [1.54, 1.807) is 11.8 Å². The SMILES string of the molecule is CCC(C)CSc1nsc(N)n1. The lowest BCUT2D eigenvalue weighted by Crippen LogP contribution is -1.95. The average molecular weight is 203 g/mol. The number of nitrogens with two attached hydrogens (primary N) is 1. The van der Waals surface area contributed by atoms with Gasteiger partial charge in [0.05, 0.1) is 0 Å². The van der Waals surface area contributed by atoms with E-state index in [1.165, 1.54) is 18.0 Å². The van der Waals surface area contributed by atoms with Crippen molar-refractivity contribution in [2.75, 3.05) is 11.5 Å². The van der Waals surface area contributed by atoms with Gasteiger partial charge in [-0.15, -0.1) is 0 Å². The second kappa shape index (κ2) is 4.67. The summed E-state index contributed by atoms with van der Waals surface area (Å²) in [6.07, 6.45) is 1.20. The van der Waals surface area contributed by atoms with Crippen molar-refractivity contribution in [1.29, 1.82) is 0 Å². The van der Waals surface area contributed by atoms with Gasteiger partial charge in [-0.25, -0.2) is 0 Å². The zero-order chi connectivity index (χ0) is 8.97. The molecular formula is C7H13N3S2. The lowest BCUT2D eigenvalue weighted by molar-refractivity contribution is 0.636. The van der Waals surface area contributed by atoms with Crippen LogP contribution in [0, 0.1) is 5.92 Å². The topological polar surface area (TPSA) is 51.8 Å². The number of nitrogens with zero attached hydrogens (tertiary/aromatic N) is 2. The summed E-state index contributed by atoms with van der Waals surface area (Å²) < 4.78 is 4.09. The van der Waals surface area contributed by atoms with Gasteiger partial charge in [-0.3, -0.25) is 0 Å². The number of hydrogen-bond donors (Lipinski definition) is 1. The Hall–Kier alpha value is -0.290. The Morgan fingerprint density at radius 1 is 1.67 bits per heavy atom. The van der Waals surface area contributed by atoms with E-state index in [1.807, 2.05) is 0 Å². The Labute approximate surface area is 80.9 Å². The Morgan fingerprint density at radius 3 is 2.92 bits per heavy atom. The van der Waals surface area contributed by atoms with Gasteiger partial charge >= 0.3 is 0 Å². The first kappa shape index (κ1) is 9.80. The monoisotopic (exact) mass is 203 g/mol. The highest BCUT2D eigenvalue weighted by Crippen LogP contribution is 2.21. The number of rotatable bonds is 4. The van der Waals surface area contributed by atoms with E-state index in [2.05, 4.69) is 23.2 Å². The summed E-state index contributed by atoms with van der Waals surface area (Å²) in [7, 11) is 0. The minimum absolute atomic E-state index is 0.557. The Kier molecular flexibility index (Phi) is 3.81. The summed E-state index contributed by atoms with van der Waals surface area (Å²) in [4.78, 5) is 4.07. The predicted molar refractivity (Wildman–Crippen MR) is 54.5 cm³/mol. The second-order valence-corrected chi connectivity index (χ2v) is 4.51. The molecule has 3 nitrogen and oxygen atoms in total. The molecule has 68 valence electrons. The lowest BCUT2D eigenvalue weighted by Gasteiger charge is -2.03. The van der Waals surface area contributed by atoms with E-state index < -0.39 is 0 Å². The molecule has 0 fully saturated rings. The fraction of sp³-hybridized carbons (Fsp3) is 0.714. The molecule has 0 saturated carbocycles. The van der Waals surface area contributed by atoms with Crippen LogP contribution in [0.25, 0.3) is 0 Å². The van der Waals surface area contributed by atoms with Crippen LogP contribution in [0.1, 0.15) is 20.3 Å². The molecular weight excluding hydrogens is 190 g/mol. The van der Waals surface area contributed by atoms with Crippen molar-refractivity contribution in [1.82, 2.24) is 9.36 Å². The van der Waals surface area contributed by atoms with E-state index in [0.717, 1.165) is 16.8 Å². The van der Waals surface area contributed by atoms with Crippen LogP contribution in [0.3, 0.4) is 0 Å². The van der Waals surface area contributed by atoms with Gasteiger partial charge in [0.15, 0.2) is 0 Å². The van der Waals surface area contributed by atoms with Crippen molar-refractivity contribution < 1.29 is 0 Å². The van der Waals surface area contributed by atoms with Crippen LogP contribution in [-0.4, -0.2) is 15.1 Å². The summed E-state index contributed by atoms with van der Waals surface area (Å²) >= 11 is 2.94. The summed E-state index contributed by atoms with van der Waals surface area (Å²) in [6.45, 7) is 4.41. The first-order chi connectivity index (χ1) is 5.72. The maximum absolute atomic E-state index is 5.45. The van der Waals surface area contributed by atoms with Gasteiger partial charge in [0.2, 0.25) is 10.3 Å². The molecule has 1 aromatic rings. The largest absolute Gasteiger partial charge is 0.374 e. The van der Waals surface area contributed by atoms with Gasteiger partial charge in [-0.05, 0) is 5.92 Å². The molecule has 1 atom stereocenters. The Bertz CT molecular complexity index is 236. The fourth-order valence-electron chi connectivity index (χ4n) is 0.614. The number of nitrogen functional groups attached to an aromatic ring is 1. The molecule has 0 amide bonds. The lowest BCUT2D eigenvalue weighted by atomic mass is 10.2. The first-order valence-corrected chi connectivity index (χ1v) is 5.70. The summed E-state index contributed by atoms with van der Waals surface area (Å²) in [5, 5.41) is 1.37. The summed E-state index contributed by atoms with van der Waals surface area (Å²) in [6, 6.07) is 0. The van der Waals surface area contributed by atoms with Gasteiger partial charge in [0.1, 0.15) is 0 Å². The average Bonchev–Trinajstić information content (AvgIpc) is 2.47. The zero-order valence-corrected chi connectivity index (χ0v) is 8.91. The molecule has 0 bridgehead atoms. The highest BCUT2D eigenvalue weighted by molar-refractivity contribution is 7.99. The van der Waals surface area contributed by atoms with Crippen molar-refractivity contribution in [2.24, 2.45) is 5.92 Å². The van der Waals surface area contributed by atoms with Gasteiger partial charge < -0.3 is 5.73 Å². The molecule has 1 unspecified atom stereocenters. The number of aromatic nitrogens is 2. The predicted octanol–water partition coefficient (Wildman–Crippen LogP) is 2.26. The van der Waals surface area contributed by atoms with Crippen LogP contribution in [-0.2, 0) is 0 Å². The molecule has 0 spiro atoms. The molecule has 1 aromatic heterocycles. The van der Waals surface area contributed by atoms with Crippen LogP contribution in [0.4, 0.5) is 5.13 Å². The first-order valence-electron chi connectivity index (χ1n) is 3.94. The van der Waals surface area contributed by atoms with Crippen LogP contribution in [0.5, 0.6) is 0 Å². The Balaban J connectivity index is 2.33. The minimum Gasteiger partial charge on any atom is -0.374 e. The van der Waals surface area contributed by atoms with Gasteiger partial charge in [0.25, 0.3) is 0 Å². The van der Waals surface area contributed by atoms with Crippen LogP contribution in [0.15, 0.2) is 5.16 Å². The zero-order valence-electron chi connectivity index (χ0n) is 7.28. The molecule has 0 aliphatic heterocycles. The van der Waals surface area contributed by atoms with E-state index in [4.69, 9.17) is 5.73 Å². The standard InChI is InChI=1S/C7H13N3S2/c1-3-5(2)4-11-7-9-6(8)12-10-7/h5H,3-4H2,1-2H3,(H2,8,9,10). The number of anilines is 1. The molecule has 0 aliphatic carbocycles. The highest BCUT2D eigenvalue weighted by atomic mass is 32.2. The molecule has 0 aliphatic rings. The van der Waals surface area contributed by atoms with Crippen molar-refractivity contribution >= 4 is 28.4 Å². The van der Waals surface area contributed by atoms with E-state index in [-0.39, 0.29) is 0 Å². The molecule has 5 heteroatoms. The normalized spacial score (nSPS) is 13.2. The fourth-order valence-corrected chi connectivity index (χ4v) is 2.17. The number of thioether (sulfide) groups is 1. The maximum Gasteiger partial charge on any atom is 0.202 e. The molecule has 0 aromatic carbocycles. The summed E-state index contributed by atoms with van der Waals surface area (Å²) in [5.74, 6) is 1.80. The molecule has 12 heavy (non-hydrogen) atoms. The molecule has 0 radical (unpaired) electrons. The number of hydrogen-bond acceptors (Lipinski definition) is 5. The molecule has 1 heterocycles. The van der Waals surface area contributed by atoms with E-state index in [0.29, 0.717) is 5.13 Å². The van der Waals surface area contributed by atoms with Crippen molar-refractivity contribution in [3.05, 3.63) is 0 Å². The summed E-state index contributed by atoms with van der Waals surface area (Å²) in [5.41, 5.74) is 5.45. The van der Waals surface area contributed by atoms with Crippen molar-refractivity contribution in [3.63, 3.8) is 0 Å². The van der Waals surface area contributed by atoms with Crippen molar-refractivity contribution in [2.45, 2.75) is 25.4 Å². The Morgan fingerprint density at radius 2 is 2.42 bits per heavy atom. The van der Waals surface area contributed by atoms with Gasteiger partial charge in [-0.1, -0.05) is 32.0 Å². The second-order valence-electron chi connectivity index (χ2n) is 2.74. The molecule has 0 saturated heterocycles. The third-order valence-electron chi connectivity index (χ3n) is 1.62.